The Labute approximate surface area is 172 Å². The second-order valence-corrected chi connectivity index (χ2v) is 8.53. The third kappa shape index (κ3) is 2.66. The van der Waals surface area contributed by atoms with E-state index in [1.54, 1.807) is 0 Å². The summed E-state index contributed by atoms with van der Waals surface area (Å²) < 4.78 is 4.74. The van der Waals surface area contributed by atoms with Crippen LogP contribution < -0.4 is 4.57 Å². The lowest BCUT2D eigenvalue weighted by Crippen LogP contribution is -2.30. The molecule has 2 aromatic heterocycles. The van der Waals surface area contributed by atoms with Crippen molar-refractivity contribution in [2.75, 3.05) is 0 Å². The van der Waals surface area contributed by atoms with Crippen molar-refractivity contribution in [1.29, 1.82) is 0 Å². The van der Waals surface area contributed by atoms with Gasteiger partial charge in [0.05, 0.1) is 16.5 Å². The monoisotopic (exact) mass is 379 g/mol. The van der Waals surface area contributed by atoms with Crippen molar-refractivity contribution >= 4 is 32.6 Å². The van der Waals surface area contributed by atoms with Gasteiger partial charge in [0, 0.05) is 28.4 Å². The second kappa shape index (κ2) is 6.45. The van der Waals surface area contributed by atoms with Crippen LogP contribution in [0, 0.1) is 13.8 Å². The number of pyridine rings is 1. The molecule has 0 bridgehead atoms. The molecule has 2 heterocycles. The molecule has 0 aliphatic rings. The van der Waals surface area contributed by atoms with Gasteiger partial charge in [0.15, 0.2) is 6.20 Å². The highest BCUT2D eigenvalue weighted by atomic mass is 15.0. The Bertz CT molecular complexity index is 1400. The van der Waals surface area contributed by atoms with Crippen molar-refractivity contribution < 1.29 is 4.57 Å². The van der Waals surface area contributed by atoms with Crippen molar-refractivity contribution in [3.8, 4) is 11.3 Å². The first kappa shape index (κ1) is 17.9. The van der Waals surface area contributed by atoms with Crippen LogP contribution in [0.15, 0.2) is 66.9 Å². The number of hydrogen-bond donors (Lipinski definition) is 0. The van der Waals surface area contributed by atoms with Crippen LogP contribution in [0.2, 0.25) is 0 Å². The summed E-state index contributed by atoms with van der Waals surface area (Å²) in [5, 5.41) is 5.27. The summed E-state index contributed by atoms with van der Waals surface area (Å²) in [5.41, 5.74) is 7.82. The van der Waals surface area contributed by atoms with Gasteiger partial charge in [0.2, 0.25) is 5.69 Å². The fourth-order valence-corrected chi connectivity index (χ4v) is 4.78. The molecule has 5 rings (SSSR count). The number of aromatic nitrogens is 2. The van der Waals surface area contributed by atoms with E-state index in [0.717, 1.165) is 0 Å². The van der Waals surface area contributed by atoms with Gasteiger partial charge in [-0.1, -0.05) is 35.9 Å². The van der Waals surface area contributed by atoms with Crippen molar-refractivity contribution in [3.63, 3.8) is 0 Å². The summed E-state index contributed by atoms with van der Waals surface area (Å²) in [4.78, 5) is 0. The molecule has 0 fully saturated rings. The standard InChI is InChI=1S/C27H27N2/c1-17(2)29-25-9-7-6-8-21(25)24-15-19(4)22(16-26(24)29)27-23-14-18(3)10-11-20(23)12-13-28(27)5/h6-17H,1-5H3/q+1. The highest BCUT2D eigenvalue weighted by Gasteiger charge is 2.21. The molecular weight excluding hydrogens is 352 g/mol. The molecule has 2 nitrogen and oxygen atoms in total. The van der Waals surface area contributed by atoms with Crippen LogP contribution >= 0.6 is 0 Å². The van der Waals surface area contributed by atoms with E-state index in [1.165, 1.54) is 55.0 Å². The summed E-state index contributed by atoms with van der Waals surface area (Å²) in [5.74, 6) is 0. The SMILES string of the molecule is Cc1ccc2cc[n+](C)c(-c3cc4c(cc3C)c3ccccc3n4C(C)C)c2c1. The van der Waals surface area contributed by atoms with Gasteiger partial charge in [0.1, 0.15) is 7.05 Å². The normalized spacial score (nSPS) is 11.9. The summed E-state index contributed by atoms with van der Waals surface area (Å²) >= 11 is 0. The summed E-state index contributed by atoms with van der Waals surface area (Å²) in [6.07, 6.45) is 2.18. The molecule has 29 heavy (non-hydrogen) atoms. The zero-order chi connectivity index (χ0) is 20.3. The Balaban J connectivity index is 1.93. The quantitative estimate of drug-likeness (QED) is 0.304. The minimum absolute atomic E-state index is 0.400. The maximum absolute atomic E-state index is 2.48. The molecular formula is C27H27N2+. The highest BCUT2D eigenvalue weighted by molar-refractivity contribution is 6.10. The first-order valence-electron chi connectivity index (χ1n) is 10.4. The molecule has 0 saturated heterocycles. The van der Waals surface area contributed by atoms with Crippen LogP contribution in [0.3, 0.4) is 0 Å². The van der Waals surface area contributed by atoms with Crippen molar-refractivity contribution in [1.82, 2.24) is 4.57 Å². The number of nitrogens with zero attached hydrogens (tertiary/aromatic N) is 2. The third-order valence-electron chi connectivity index (χ3n) is 6.12. The Hall–Kier alpha value is -3.13. The van der Waals surface area contributed by atoms with E-state index in [9.17, 15) is 0 Å². The summed E-state index contributed by atoms with van der Waals surface area (Å²) in [7, 11) is 2.15. The highest BCUT2D eigenvalue weighted by Crippen LogP contribution is 2.37. The van der Waals surface area contributed by atoms with Crippen LogP contribution in [0.25, 0.3) is 43.8 Å². The lowest BCUT2D eigenvalue weighted by atomic mass is 9.96. The third-order valence-corrected chi connectivity index (χ3v) is 6.12. The summed E-state index contributed by atoms with van der Waals surface area (Å²) in [6, 6.07) is 22.9. The zero-order valence-electron chi connectivity index (χ0n) is 17.8. The van der Waals surface area contributed by atoms with E-state index in [2.05, 4.69) is 111 Å². The minimum atomic E-state index is 0.400. The Morgan fingerprint density at radius 3 is 2.38 bits per heavy atom. The van der Waals surface area contributed by atoms with Gasteiger partial charge in [-0.25, -0.2) is 4.57 Å². The summed E-state index contributed by atoms with van der Waals surface area (Å²) in [6.45, 7) is 8.95. The number of para-hydroxylation sites is 1. The molecule has 2 heteroatoms. The molecule has 0 spiro atoms. The average Bonchev–Trinajstić information content (AvgIpc) is 3.01. The van der Waals surface area contributed by atoms with E-state index < -0.39 is 0 Å². The number of benzene rings is 3. The van der Waals surface area contributed by atoms with Crippen LogP contribution in [0.4, 0.5) is 0 Å². The number of aryl methyl sites for hydroxylation is 3. The average molecular weight is 380 g/mol. The van der Waals surface area contributed by atoms with Gasteiger partial charge in [-0.3, -0.25) is 0 Å². The van der Waals surface area contributed by atoms with Gasteiger partial charge >= 0.3 is 0 Å². The second-order valence-electron chi connectivity index (χ2n) is 8.53. The van der Waals surface area contributed by atoms with E-state index in [-0.39, 0.29) is 0 Å². The number of fused-ring (bicyclic) bond motifs is 4. The van der Waals surface area contributed by atoms with E-state index in [1.807, 2.05) is 0 Å². The van der Waals surface area contributed by atoms with Crippen LogP contribution in [0.1, 0.15) is 31.0 Å². The van der Waals surface area contributed by atoms with E-state index >= 15 is 0 Å². The lowest BCUT2D eigenvalue weighted by molar-refractivity contribution is -0.659. The molecule has 0 aliphatic carbocycles. The Morgan fingerprint density at radius 2 is 1.59 bits per heavy atom. The van der Waals surface area contributed by atoms with Crippen molar-refractivity contribution in [2.24, 2.45) is 7.05 Å². The predicted octanol–water partition coefficient (Wildman–Crippen LogP) is 6.64. The number of hydrogen-bond acceptors (Lipinski definition) is 0. The van der Waals surface area contributed by atoms with Gasteiger partial charge < -0.3 is 4.57 Å². The smallest absolute Gasteiger partial charge is 0.220 e. The van der Waals surface area contributed by atoms with Gasteiger partial charge in [-0.15, -0.1) is 0 Å². The fourth-order valence-electron chi connectivity index (χ4n) is 4.78. The first-order valence-corrected chi connectivity index (χ1v) is 10.4. The molecule has 0 amide bonds. The molecule has 0 aliphatic heterocycles. The van der Waals surface area contributed by atoms with Gasteiger partial charge in [-0.05, 0) is 62.9 Å². The fraction of sp³-hybridized carbons (Fsp3) is 0.222. The Kier molecular flexibility index (Phi) is 3.99. The van der Waals surface area contributed by atoms with Crippen molar-refractivity contribution in [3.05, 3.63) is 78.0 Å². The molecule has 0 N–H and O–H groups in total. The van der Waals surface area contributed by atoms with Crippen LogP contribution in [0.5, 0.6) is 0 Å². The molecule has 3 aromatic carbocycles. The van der Waals surface area contributed by atoms with Crippen LogP contribution in [-0.4, -0.2) is 4.57 Å². The maximum Gasteiger partial charge on any atom is 0.220 e. The molecule has 144 valence electrons. The predicted molar refractivity (Wildman–Crippen MR) is 123 cm³/mol. The first-order chi connectivity index (χ1) is 14.0. The minimum Gasteiger partial charge on any atom is -0.338 e. The topological polar surface area (TPSA) is 8.81 Å². The molecule has 0 unspecified atom stereocenters. The largest absolute Gasteiger partial charge is 0.338 e. The maximum atomic E-state index is 2.48. The molecule has 5 aromatic rings. The molecule has 0 radical (unpaired) electrons. The van der Waals surface area contributed by atoms with Crippen LogP contribution in [-0.2, 0) is 7.05 Å². The van der Waals surface area contributed by atoms with Gasteiger partial charge in [0.25, 0.3) is 0 Å². The molecule has 0 saturated carbocycles. The van der Waals surface area contributed by atoms with E-state index in [0.29, 0.717) is 6.04 Å². The van der Waals surface area contributed by atoms with Gasteiger partial charge in [-0.2, -0.15) is 0 Å². The zero-order valence-corrected chi connectivity index (χ0v) is 17.8. The van der Waals surface area contributed by atoms with E-state index in [4.69, 9.17) is 0 Å². The molecule has 0 atom stereocenters. The number of rotatable bonds is 2. The lowest BCUT2D eigenvalue weighted by Gasteiger charge is -2.13. The van der Waals surface area contributed by atoms with Crippen molar-refractivity contribution in [2.45, 2.75) is 33.7 Å². The Morgan fingerprint density at radius 1 is 0.793 bits per heavy atom.